The Morgan fingerprint density at radius 3 is 2.59 bits per heavy atom. The standard InChI is InChI=1S/C25H23N3O/c1-18-12-14-20(15-13-18)25-26-21-9-3-5-11-23(21)28(25)17-24(29)27-16-6-8-19-7-2-4-10-22(19)27/h2-5,7,9-15H,6,8,16-17H2,1H3. The maximum atomic E-state index is 13.4. The molecule has 0 fully saturated rings. The molecule has 0 saturated heterocycles. The van der Waals surface area contributed by atoms with Gasteiger partial charge in [-0.05, 0) is 43.5 Å². The van der Waals surface area contributed by atoms with Crippen LogP contribution in [-0.2, 0) is 17.8 Å². The van der Waals surface area contributed by atoms with Crippen molar-refractivity contribution < 1.29 is 4.79 Å². The number of aryl methyl sites for hydroxylation is 2. The lowest BCUT2D eigenvalue weighted by atomic mass is 10.0. The smallest absolute Gasteiger partial charge is 0.247 e. The van der Waals surface area contributed by atoms with Gasteiger partial charge in [0.25, 0.3) is 0 Å². The Morgan fingerprint density at radius 1 is 0.966 bits per heavy atom. The summed E-state index contributed by atoms with van der Waals surface area (Å²) in [6.45, 7) is 3.12. The van der Waals surface area contributed by atoms with E-state index >= 15 is 0 Å². The third kappa shape index (κ3) is 3.21. The van der Waals surface area contributed by atoms with Crippen LogP contribution >= 0.6 is 0 Å². The molecular weight excluding hydrogens is 358 g/mol. The summed E-state index contributed by atoms with van der Waals surface area (Å²) in [6.07, 6.45) is 2.03. The van der Waals surface area contributed by atoms with Crippen LogP contribution < -0.4 is 4.90 Å². The number of benzene rings is 3. The molecule has 2 heterocycles. The van der Waals surface area contributed by atoms with Crippen molar-refractivity contribution in [3.63, 3.8) is 0 Å². The number of aromatic nitrogens is 2. The fourth-order valence-corrected chi connectivity index (χ4v) is 4.17. The molecule has 0 aliphatic carbocycles. The van der Waals surface area contributed by atoms with E-state index in [2.05, 4.69) is 47.9 Å². The zero-order valence-corrected chi connectivity index (χ0v) is 16.5. The summed E-state index contributed by atoms with van der Waals surface area (Å²) in [7, 11) is 0. The number of anilines is 1. The Morgan fingerprint density at radius 2 is 1.72 bits per heavy atom. The van der Waals surface area contributed by atoms with Gasteiger partial charge in [0, 0.05) is 17.8 Å². The van der Waals surface area contributed by atoms with E-state index in [1.165, 1.54) is 11.1 Å². The van der Waals surface area contributed by atoms with Crippen LogP contribution in [0.1, 0.15) is 17.5 Å². The number of hydrogen-bond acceptors (Lipinski definition) is 2. The Labute approximate surface area is 170 Å². The number of nitrogens with zero attached hydrogens (tertiary/aromatic N) is 3. The third-order valence-corrected chi connectivity index (χ3v) is 5.67. The van der Waals surface area contributed by atoms with Crippen molar-refractivity contribution in [1.82, 2.24) is 9.55 Å². The van der Waals surface area contributed by atoms with E-state index in [9.17, 15) is 4.79 Å². The van der Waals surface area contributed by atoms with E-state index in [1.807, 2.05) is 41.3 Å². The first-order valence-electron chi connectivity index (χ1n) is 10.1. The van der Waals surface area contributed by atoms with Gasteiger partial charge in [-0.25, -0.2) is 4.98 Å². The van der Waals surface area contributed by atoms with Crippen molar-refractivity contribution >= 4 is 22.6 Å². The lowest BCUT2D eigenvalue weighted by Crippen LogP contribution is -2.37. The maximum Gasteiger partial charge on any atom is 0.247 e. The molecule has 0 atom stereocenters. The quantitative estimate of drug-likeness (QED) is 0.501. The number of fused-ring (bicyclic) bond motifs is 2. The molecular formula is C25H23N3O. The molecule has 0 saturated carbocycles. The fraction of sp³-hybridized carbons (Fsp3) is 0.200. The molecule has 0 unspecified atom stereocenters. The molecule has 1 amide bonds. The monoisotopic (exact) mass is 381 g/mol. The molecule has 4 aromatic rings. The molecule has 0 radical (unpaired) electrons. The normalized spacial score (nSPS) is 13.5. The lowest BCUT2D eigenvalue weighted by Gasteiger charge is -2.29. The predicted octanol–water partition coefficient (Wildman–Crippen LogP) is 4.99. The van der Waals surface area contributed by atoms with Gasteiger partial charge in [0.05, 0.1) is 11.0 Å². The molecule has 0 N–H and O–H groups in total. The van der Waals surface area contributed by atoms with E-state index in [4.69, 9.17) is 4.98 Å². The van der Waals surface area contributed by atoms with Crippen LogP contribution in [0.3, 0.4) is 0 Å². The van der Waals surface area contributed by atoms with Crippen molar-refractivity contribution in [2.45, 2.75) is 26.3 Å². The summed E-state index contributed by atoms with van der Waals surface area (Å²) in [5.41, 5.74) is 6.43. The molecule has 4 nitrogen and oxygen atoms in total. The maximum absolute atomic E-state index is 13.4. The van der Waals surface area contributed by atoms with Gasteiger partial charge in [-0.15, -0.1) is 0 Å². The Kier molecular flexibility index (Phi) is 4.39. The first kappa shape index (κ1) is 17.7. The van der Waals surface area contributed by atoms with Crippen LogP contribution in [0.4, 0.5) is 5.69 Å². The summed E-state index contributed by atoms with van der Waals surface area (Å²) in [5.74, 6) is 0.943. The first-order valence-corrected chi connectivity index (χ1v) is 10.1. The van der Waals surface area contributed by atoms with Gasteiger partial charge >= 0.3 is 0 Å². The summed E-state index contributed by atoms with van der Waals surface area (Å²) >= 11 is 0. The number of imidazole rings is 1. The van der Waals surface area contributed by atoms with Crippen LogP contribution in [0.25, 0.3) is 22.4 Å². The average molecular weight is 381 g/mol. The van der Waals surface area contributed by atoms with Gasteiger partial charge in [-0.1, -0.05) is 60.2 Å². The highest BCUT2D eigenvalue weighted by Crippen LogP contribution is 2.29. The largest absolute Gasteiger partial charge is 0.314 e. The molecule has 1 aliphatic rings. The molecule has 0 spiro atoms. The highest BCUT2D eigenvalue weighted by Gasteiger charge is 2.24. The van der Waals surface area contributed by atoms with Gasteiger partial charge < -0.3 is 9.47 Å². The second-order valence-corrected chi connectivity index (χ2v) is 7.65. The van der Waals surface area contributed by atoms with E-state index < -0.39 is 0 Å². The molecule has 1 aromatic heterocycles. The second-order valence-electron chi connectivity index (χ2n) is 7.65. The van der Waals surface area contributed by atoms with Gasteiger partial charge in [0.15, 0.2) is 0 Å². The van der Waals surface area contributed by atoms with Crippen LogP contribution in [0.15, 0.2) is 72.8 Å². The average Bonchev–Trinajstić information content (AvgIpc) is 3.12. The van der Waals surface area contributed by atoms with Crippen molar-refractivity contribution in [2.24, 2.45) is 0 Å². The van der Waals surface area contributed by atoms with Crippen molar-refractivity contribution in [2.75, 3.05) is 11.4 Å². The molecule has 29 heavy (non-hydrogen) atoms. The minimum atomic E-state index is 0.105. The van der Waals surface area contributed by atoms with Crippen molar-refractivity contribution in [3.8, 4) is 11.4 Å². The molecule has 3 aromatic carbocycles. The Hall–Kier alpha value is -3.40. The summed E-state index contributed by atoms with van der Waals surface area (Å²) in [6, 6.07) is 24.6. The highest BCUT2D eigenvalue weighted by atomic mass is 16.2. The van der Waals surface area contributed by atoms with Gasteiger partial charge in [0.2, 0.25) is 5.91 Å². The van der Waals surface area contributed by atoms with Crippen LogP contribution in [-0.4, -0.2) is 22.0 Å². The SMILES string of the molecule is Cc1ccc(-c2nc3ccccc3n2CC(=O)N2CCCc3ccccc32)cc1. The second kappa shape index (κ2) is 7.21. The highest BCUT2D eigenvalue weighted by molar-refractivity contribution is 5.96. The van der Waals surface area contributed by atoms with Gasteiger partial charge in [0.1, 0.15) is 12.4 Å². The minimum Gasteiger partial charge on any atom is -0.314 e. The number of carbonyl (C=O) groups is 1. The molecule has 0 bridgehead atoms. The van der Waals surface area contributed by atoms with E-state index in [0.29, 0.717) is 0 Å². The Bertz CT molecular complexity index is 1190. The first-order chi connectivity index (χ1) is 14.2. The third-order valence-electron chi connectivity index (χ3n) is 5.67. The van der Waals surface area contributed by atoms with Gasteiger partial charge in [-0.2, -0.15) is 0 Å². The van der Waals surface area contributed by atoms with Gasteiger partial charge in [-0.3, -0.25) is 4.79 Å². The molecule has 4 heteroatoms. The lowest BCUT2D eigenvalue weighted by molar-refractivity contribution is -0.119. The molecule has 144 valence electrons. The summed E-state index contributed by atoms with van der Waals surface area (Å²) in [5, 5.41) is 0. The number of amides is 1. The fourth-order valence-electron chi connectivity index (χ4n) is 4.17. The number of carbonyl (C=O) groups excluding carboxylic acids is 1. The molecule has 5 rings (SSSR count). The number of para-hydroxylation sites is 3. The zero-order chi connectivity index (χ0) is 19.8. The van der Waals surface area contributed by atoms with Crippen molar-refractivity contribution in [1.29, 1.82) is 0 Å². The number of hydrogen-bond donors (Lipinski definition) is 0. The van der Waals surface area contributed by atoms with E-state index in [0.717, 1.165) is 47.5 Å². The van der Waals surface area contributed by atoms with Crippen LogP contribution in [0, 0.1) is 6.92 Å². The van der Waals surface area contributed by atoms with E-state index in [-0.39, 0.29) is 12.5 Å². The summed E-state index contributed by atoms with van der Waals surface area (Å²) < 4.78 is 2.06. The Balaban J connectivity index is 1.56. The number of rotatable bonds is 3. The predicted molar refractivity (Wildman–Crippen MR) is 117 cm³/mol. The van der Waals surface area contributed by atoms with Crippen LogP contribution in [0.2, 0.25) is 0 Å². The van der Waals surface area contributed by atoms with Crippen LogP contribution in [0.5, 0.6) is 0 Å². The minimum absolute atomic E-state index is 0.105. The van der Waals surface area contributed by atoms with Crippen molar-refractivity contribution in [3.05, 3.63) is 83.9 Å². The summed E-state index contributed by atoms with van der Waals surface area (Å²) in [4.78, 5) is 20.2. The topological polar surface area (TPSA) is 38.1 Å². The molecule has 1 aliphatic heterocycles. The zero-order valence-electron chi connectivity index (χ0n) is 16.5. The van der Waals surface area contributed by atoms with E-state index in [1.54, 1.807) is 0 Å².